The van der Waals surface area contributed by atoms with Crippen LogP contribution >= 0.6 is 0 Å². The Hall–Kier alpha value is -1.58. The minimum absolute atomic E-state index is 0.300. The van der Waals surface area contributed by atoms with E-state index in [9.17, 15) is 4.79 Å². The molecule has 1 rings (SSSR count). The van der Waals surface area contributed by atoms with Gasteiger partial charge in [-0.1, -0.05) is 6.07 Å². The maximum Gasteiger partial charge on any atom is 0.414 e. The van der Waals surface area contributed by atoms with Gasteiger partial charge in [0.05, 0.1) is 0 Å². The molecule has 1 aromatic heterocycles. The fourth-order valence-electron chi connectivity index (χ4n) is 0.834. The number of carbonyl (C=O) groups excluding carboxylic acids is 1. The Morgan fingerprint density at radius 2 is 2.14 bits per heavy atom. The SMILES string of the molecule is CC(C)(C)NC(=O)Oc1ccccn1. The third kappa shape index (κ3) is 3.89. The maximum atomic E-state index is 11.3. The van der Waals surface area contributed by atoms with Crippen LogP contribution in [0.2, 0.25) is 0 Å². The van der Waals surface area contributed by atoms with Crippen molar-refractivity contribution in [2.75, 3.05) is 0 Å². The number of nitrogens with zero attached hydrogens (tertiary/aromatic N) is 1. The summed E-state index contributed by atoms with van der Waals surface area (Å²) in [5, 5.41) is 2.67. The molecule has 0 aliphatic rings. The summed E-state index contributed by atoms with van der Waals surface area (Å²) in [5.41, 5.74) is -0.300. The third-order valence-corrected chi connectivity index (χ3v) is 1.31. The molecule has 0 saturated heterocycles. The summed E-state index contributed by atoms with van der Waals surface area (Å²) in [6, 6.07) is 5.14. The number of amides is 1. The molecule has 0 aromatic carbocycles. The molecule has 1 N–H and O–H groups in total. The largest absolute Gasteiger partial charge is 0.414 e. The second kappa shape index (κ2) is 4.09. The van der Waals surface area contributed by atoms with Gasteiger partial charge in [0.25, 0.3) is 0 Å². The van der Waals surface area contributed by atoms with Gasteiger partial charge in [-0.05, 0) is 26.8 Å². The Morgan fingerprint density at radius 3 is 2.64 bits per heavy atom. The molecule has 0 radical (unpaired) electrons. The summed E-state index contributed by atoms with van der Waals surface area (Å²) in [4.78, 5) is 15.1. The Balaban J connectivity index is 2.50. The average molecular weight is 194 g/mol. The van der Waals surface area contributed by atoms with Gasteiger partial charge in [0.15, 0.2) is 0 Å². The van der Waals surface area contributed by atoms with E-state index in [4.69, 9.17) is 4.74 Å². The van der Waals surface area contributed by atoms with Crippen molar-refractivity contribution in [3.05, 3.63) is 24.4 Å². The minimum atomic E-state index is -0.490. The Bertz CT molecular complexity index is 304. The third-order valence-electron chi connectivity index (χ3n) is 1.31. The molecule has 14 heavy (non-hydrogen) atoms. The molecular formula is C10H14N2O2. The van der Waals surface area contributed by atoms with E-state index in [0.29, 0.717) is 5.88 Å². The predicted octanol–water partition coefficient (Wildman–Crippen LogP) is 1.97. The number of aromatic nitrogens is 1. The van der Waals surface area contributed by atoms with Crippen LogP contribution in [0, 0.1) is 0 Å². The molecular weight excluding hydrogens is 180 g/mol. The van der Waals surface area contributed by atoms with E-state index in [1.165, 1.54) is 0 Å². The number of hydrogen-bond acceptors (Lipinski definition) is 3. The van der Waals surface area contributed by atoms with Gasteiger partial charge in [-0.15, -0.1) is 0 Å². The zero-order chi connectivity index (χ0) is 10.6. The molecule has 0 aliphatic heterocycles. The van der Waals surface area contributed by atoms with Crippen LogP contribution in [0.1, 0.15) is 20.8 Å². The number of pyridine rings is 1. The van der Waals surface area contributed by atoms with E-state index < -0.39 is 6.09 Å². The van der Waals surface area contributed by atoms with Crippen LogP contribution in [0.4, 0.5) is 4.79 Å². The van der Waals surface area contributed by atoms with Crippen LogP contribution in [0.3, 0.4) is 0 Å². The molecule has 0 fully saturated rings. The van der Waals surface area contributed by atoms with Crippen LogP contribution in [-0.4, -0.2) is 16.6 Å². The predicted molar refractivity (Wildman–Crippen MR) is 53.1 cm³/mol. The zero-order valence-electron chi connectivity index (χ0n) is 8.57. The molecule has 0 aliphatic carbocycles. The molecule has 0 bridgehead atoms. The molecule has 1 heterocycles. The smallest absolute Gasteiger partial charge is 0.391 e. The lowest BCUT2D eigenvalue weighted by molar-refractivity contribution is 0.189. The van der Waals surface area contributed by atoms with Gasteiger partial charge in [0, 0.05) is 17.8 Å². The standard InChI is InChI=1S/C10H14N2O2/c1-10(2,3)12-9(13)14-8-6-4-5-7-11-8/h4-7H,1-3H3,(H,12,13). The highest BCUT2D eigenvalue weighted by molar-refractivity contribution is 5.70. The summed E-state index contributed by atoms with van der Waals surface area (Å²) in [6.45, 7) is 5.64. The molecule has 0 atom stereocenters. The fourth-order valence-corrected chi connectivity index (χ4v) is 0.834. The first-order valence-electron chi connectivity index (χ1n) is 4.38. The average Bonchev–Trinajstić information content (AvgIpc) is 2.02. The molecule has 76 valence electrons. The molecule has 0 saturated carbocycles. The van der Waals surface area contributed by atoms with E-state index in [1.807, 2.05) is 20.8 Å². The monoisotopic (exact) mass is 194 g/mol. The number of hydrogen-bond donors (Lipinski definition) is 1. The quantitative estimate of drug-likeness (QED) is 0.743. The summed E-state index contributed by atoms with van der Waals surface area (Å²) >= 11 is 0. The Kier molecular flexibility index (Phi) is 3.06. The topological polar surface area (TPSA) is 51.2 Å². The molecule has 4 nitrogen and oxygen atoms in total. The number of ether oxygens (including phenoxy) is 1. The van der Waals surface area contributed by atoms with Crippen LogP contribution in [0.5, 0.6) is 5.88 Å². The van der Waals surface area contributed by atoms with Crippen LogP contribution in [0.25, 0.3) is 0 Å². The van der Waals surface area contributed by atoms with Gasteiger partial charge in [-0.2, -0.15) is 0 Å². The van der Waals surface area contributed by atoms with E-state index in [0.717, 1.165) is 0 Å². The Labute approximate surface area is 83.3 Å². The zero-order valence-corrected chi connectivity index (χ0v) is 8.57. The molecule has 0 unspecified atom stereocenters. The molecule has 0 spiro atoms. The lowest BCUT2D eigenvalue weighted by Gasteiger charge is -2.19. The van der Waals surface area contributed by atoms with Crippen LogP contribution in [0.15, 0.2) is 24.4 Å². The highest BCUT2D eigenvalue weighted by Gasteiger charge is 2.15. The van der Waals surface area contributed by atoms with Gasteiger partial charge in [0.2, 0.25) is 5.88 Å². The summed E-state index contributed by atoms with van der Waals surface area (Å²) < 4.78 is 4.93. The first-order chi connectivity index (χ1) is 6.47. The number of nitrogens with one attached hydrogen (secondary N) is 1. The van der Waals surface area contributed by atoms with Crippen molar-refractivity contribution in [3.63, 3.8) is 0 Å². The summed E-state index contributed by atoms with van der Waals surface area (Å²) in [6.07, 6.45) is 1.08. The molecule has 1 amide bonds. The van der Waals surface area contributed by atoms with Crippen molar-refractivity contribution in [1.29, 1.82) is 0 Å². The lowest BCUT2D eigenvalue weighted by Crippen LogP contribution is -2.42. The van der Waals surface area contributed by atoms with Crippen molar-refractivity contribution in [1.82, 2.24) is 10.3 Å². The minimum Gasteiger partial charge on any atom is -0.391 e. The van der Waals surface area contributed by atoms with Gasteiger partial charge in [0.1, 0.15) is 0 Å². The van der Waals surface area contributed by atoms with Crippen molar-refractivity contribution in [2.24, 2.45) is 0 Å². The number of rotatable bonds is 1. The summed E-state index contributed by atoms with van der Waals surface area (Å²) in [5.74, 6) is 0.300. The normalized spacial score (nSPS) is 10.8. The van der Waals surface area contributed by atoms with Crippen molar-refractivity contribution in [3.8, 4) is 5.88 Å². The van der Waals surface area contributed by atoms with Crippen molar-refractivity contribution >= 4 is 6.09 Å². The van der Waals surface area contributed by atoms with Gasteiger partial charge >= 0.3 is 6.09 Å². The van der Waals surface area contributed by atoms with Gasteiger partial charge < -0.3 is 10.1 Å². The van der Waals surface area contributed by atoms with E-state index in [2.05, 4.69) is 10.3 Å². The first-order valence-corrected chi connectivity index (χ1v) is 4.38. The fraction of sp³-hybridized carbons (Fsp3) is 0.400. The van der Waals surface area contributed by atoms with Crippen molar-refractivity contribution in [2.45, 2.75) is 26.3 Å². The second-order valence-electron chi connectivity index (χ2n) is 3.93. The summed E-state index contributed by atoms with van der Waals surface area (Å²) in [7, 11) is 0. The van der Waals surface area contributed by atoms with Crippen LogP contribution < -0.4 is 10.1 Å². The first kappa shape index (κ1) is 10.5. The maximum absolute atomic E-state index is 11.3. The highest BCUT2D eigenvalue weighted by Crippen LogP contribution is 2.05. The van der Waals surface area contributed by atoms with Crippen LogP contribution in [-0.2, 0) is 0 Å². The Morgan fingerprint density at radius 1 is 1.43 bits per heavy atom. The van der Waals surface area contributed by atoms with Crippen molar-refractivity contribution < 1.29 is 9.53 Å². The lowest BCUT2D eigenvalue weighted by atomic mass is 10.1. The van der Waals surface area contributed by atoms with E-state index in [-0.39, 0.29) is 5.54 Å². The second-order valence-corrected chi connectivity index (χ2v) is 3.93. The highest BCUT2D eigenvalue weighted by atomic mass is 16.6. The molecule has 4 heteroatoms. The number of carbonyl (C=O) groups is 1. The van der Waals surface area contributed by atoms with E-state index >= 15 is 0 Å². The van der Waals surface area contributed by atoms with E-state index in [1.54, 1.807) is 24.4 Å². The van der Waals surface area contributed by atoms with Gasteiger partial charge in [-0.3, -0.25) is 0 Å². The van der Waals surface area contributed by atoms with Gasteiger partial charge in [-0.25, -0.2) is 9.78 Å². The molecule has 1 aromatic rings.